The van der Waals surface area contributed by atoms with Crippen molar-refractivity contribution in [2.24, 2.45) is 0 Å². The van der Waals surface area contributed by atoms with Crippen molar-refractivity contribution in [1.82, 2.24) is 9.97 Å². The molecule has 0 radical (unpaired) electrons. The molecule has 1 aromatic carbocycles. The number of anilines is 3. The van der Waals surface area contributed by atoms with Crippen LogP contribution >= 0.6 is 0 Å². The summed E-state index contributed by atoms with van der Waals surface area (Å²) in [5.74, 6) is 1.24. The van der Waals surface area contributed by atoms with Crippen molar-refractivity contribution >= 4 is 17.3 Å². The number of rotatable bonds is 4. The third kappa shape index (κ3) is 3.01. The molecule has 6 nitrogen and oxygen atoms in total. The highest BCUT2D eigenvalue weighted by atomic mass is 15.1. The van der Waals surface area contributed by atoms with Gasteiger partial charge in [-0.2, -0.15) is 10.5 Å². The zero-order chi connectivity index (χ0) is 14.4. The molecule has 0 aliphatic heterocycles. The third-order valence-corrected chi connectivity index (χ3v) is 2.53. The molecule has 98 valence electrons. The maximum absolute atomic E-state index is 8.99. The summed E-state index contributed by atoms with van der Waals surface area (Å²) in [5.41, 5.74) is 1.36. The summed E-state index contributed by atoms with van der Waals surface area (Å²) in [4.78, 5) is 8.39. The predicted octanol–water partition coefficient (Wildman–Crippen LogP) is 2.40. The van der Waals surface area contributed by atoms with E-state index in [0.717, 1.165) is 6.54 Å². The van der Waals surface area contributed by atoms with E-state index in [0.29, 0.717) is 28.5 Å². The molecular formula is C14H12N6. The molecule has 0 unspecified atom stereocenters. The van der Waals surface area contributed by atoms with E-state index < -0.39 is 0 Å². The molecule has 0 bridgehead atoms. The Labute approximate surface area is 116 Å². The molecule has 2 N–H and O–H groups in total. The van der Waals surface area contributed by atoms with Gasteiger partial charge in [-0.15, -0.1) is 0 Å². The zero-order valence-electron chi connectivity index (χ0n) is 10.9. The first kappa shape index (κ1) is 13.3. The molecule has 1 aromatic heterocycles. The van der Waals surface area contributed by atoms with E-state index in [1.54, 1.807) is 30.6 Å². The maximum Gasteiger partial charge on any atom is 0.151 e. The van der Waals surface area contributed by atoms with Crippen molar-refractivity contribution < 1.29 is 0 Å². The van der Waals surface area contributed by atoms with Gasteiger partial charge in [-0.1, -0.05) is 0 Å². The van der Waals surface area contributed by atoms with Gasteiger partial charge in [-0.05, 0) is 25.1 Å². The topological polar surface area (TPSA) is 97.4 Å². The number of aromatic nitrogens is 2. The van der Waals surface area contributed by atoms with Gasteiger partial charge in [0.25, 0.3) is 0 Å². The van der Waals surface area contributed by atoms with Crippen LogP contribution in [0.1, 0.15) is 18.1 Å². The third-order valence-electron chi connectivity index (χ3n) is 2.53. The Bertz CT molecular complexity index is 696. The van der Waals surface area contributed by atoms with Crippen molar-refractivity contribution in [2.45, 2.75) is 6.92 Å². The summed E-state index contributed by atoms with van der Waals surface area (Å²) < 4.78 is 0. The van der Waals surface area contributed by atoms with Gasteiger partial charge in [0.15, 0.2) is 5.82 Å². The van der Waals surface area contributed by atoms with Crippen molar-refractivity contribution in [2.75, 3.05) is 17.2 Å². The lowest BCUT2D eigenvalue weighted by molar-refractivity contribution is 1.12. The van der Waals surface area contributed by atoms with Gasteiger partial charge in [0, 0.05) is 12.2 Å². The largest absolute Gasteiger partial charge is 0.369 e. The number of hydrogen-bond acceptors (Lipinski definition) is 6. The first-order valence-corrected chi connectivity index (χ1v) is 6.04. The minimum absolute atomic E-state index is 0.327. The van der Waals surface area contributed by atoms with Crippen molar-refractivity contribution in [3.05, 3.63) is 41.7 Å². The summed E-state index contributed by atoms with van der Waals surface area (Å²) in [7, 11) is 0. The summed E-state index contributed by atoms with van der Waals surface area (Å²) in [6.45, 7) is 2.73. The van der Waals surface area contributed by atoms with Gasteiger partial charge in [0.1, 0.15) is 18.0 Å². The highest BCUT2D eigenvalue weighted by molar-refractivity contribution is 5.62. The van der Waals surface area contributed by atoms with Gasteiger partial charge in [0.2, 0.25) is 0 Å². The van der Waals surface area contributed by atoms with E-state index in [4.69, 9.17) is 10.5 Å². The van der Waals surface area contributed by atoms with Crippen LogP contribution in [0.5, 0.6) is 0 Å². The Hall–Kier alpha value is -3.12. The van der Waals surface area contributed by atoms with Crippen LogP contribution in [-0.2, 0) is 0 Å². The van der Waals surface area contributed by atoms with Crippen molar-refractivity contribution in [3.8, 4) is 12.1 Å². The van der Waals surface area contributed by atoms with E-state index in [9.17, 15) is 0 Å². The molecule has 0 amide bonds. The van der Waals surface area contributed by atoms with E-state index in [-0.39, 0.29) is 0 Å². The van der Waals surface area contributed by atoms with Gasteiger partial charge in [-0.3, -0.25) is 4.98 Å². The van der Waals surface area contributed by atoms with E-state index in [2.05, 4.69) is 20.6 Å². The highest BCUT2D eigenvalue weighted by Crippen LogP contribution is 2.18. The lowest BCUT2D eigenvalue weighted by atomic mass is 10.1. The Balaban J connectivity index is 2.24. The van der Waals surface area contributed by atoms with Crippen molar-refractivity contribution in [3.63, 3.8) is 0 Å². The van der Waals surface area contributed by atoms with Crippen molar-refractivity contribution in [1.29, 1.82) is 10.5 Å². The number of hydrogen-bond donors (Lipinski definition) is 2. The average molecular weight is 264 g/mol. The standard InChI is InChI=1S/C14H12N6/c1-2-18-13-8-17-9-14(20-13)19-12-4-3-10(6-15)11(5-12)7-16/h3-5,8-9H,2H2,1H3,(H2,18,19,20). The van der Waals surface area contributed by atoms with E-state index in [1.807, 2.05) is 19.1 Å². The predicted molar refractivity (Wildman–Crippen MR) is 75.4 cm³/mol. The van der Waals surface area contributed by atoms with Gasteiger partial charge in [-0.25, -0.2) is 4.98 Å². The van der Waals surface area contributed by atoms with Crippen LogP contribution in [0.15, 0.2) is 30.6 Å². The lowest BCUT2D eigenvalue weighted by Crippen LogP contribution is -2.02. The SMILES string of the molecule is CCNc1cncc(Nc2ccc(C#N)c(C#N)c2)n1. The fourth-order valence-electron chi connectivity index (χ4n) is 1.65. The molecule has 0 spiro atoms. The number of nitriles is 2. The first-order valence-electron chi connectivity index (χ1n) is 6.04. The summed E-state index contributed by atoms with van der Waals surface area (Å²) >= 11 is 0. The number of benzene rings is 1. The maximum atomic E-state index is 8.99. The minimum Gasteiger partial charge on any atom is -0.369 e. The molecule has 0 saturated carbocycles. The minimum atomic E-state index is 0.327. The van der Waals surface area contributed by atoms with Crippen LogP contribution in [-0.4, -0.2) is 16.5 Å². The summed E-state index contributed by atoms with van der Waals surface area (Å²) in [6, 6.07) is 8.90. The van der Waals surface area contributed by atoms with Crippen LogP contribution in [0.3, 0.4) is 0 Å². The fourth-order valence-corrected chi connectivity index (χ4v) is 1.65. The van der Waals surface area contributed by atoms with Crippen LogP contribution in [0.4, 0.5) is 17.3 Å². The summed E-state index contributed by atoms with van der Waals surface area (Å²) in [5, 5.41) is 24.0. The second kappa shape index (κ2) is 6.17. The molecule has 0 saturated heterocycles. The molecule has 0 aliphatic carbocycles. The first-order chi connectivity index (χ1) is 9.76. The average Bonchev–Trinajstić information content (AvgIpc) is 2.48. The Morgan fingerprint density at radius 3 is 2.55 bits per heavy atom. The van der Waals surface area contributed by atoms with Crippen LogP contribution < -0.4 is 10.6 Å². The zero-order valence-corrected chi connectivity index (χ0v) is 10.9. The second-order valence-corrected chi connectivity index (χ2v) is 3.93. The van der Waals surface area contributed by atoms with Gasteiger partial charge in [0.05, 0.1) is 23.5 Å². The molecule has 20 heavy (non-hydrogen) atoms. The molecule has 2 aromatic rings. The number of nitrogens with one attached hydrogen (secondary N) is 2. The normalized spacial score (nSPS) is 9.35. The Morgan fingerprint density at radius 2 is 1.85 bits per heavy atom. The lowest BCUT2D eigenvalue weighted by Gasteiger charge is -2.08. The molecule has 0 atom stereocenters. The molecule has 6 heteroatoms. The van der Waals surface area contributed by atoms with Crippen LogP contribution in [0.25, 0.3) is 0 Å². The molecular weight excluding hydrogens is 252 g/mol. The van der Waals surface area contributed by atoms with Crippen LogP contribution in [0, 0.1) is 22.7 Å². The molecule has 2 rings (SSSR count). The highest BCUT2D eigenvalue weighted by Gasteiger charge is 2.04. The molecule has 0 fully saturated rings. The second-order valence-electron chi connectivity index (χ2n) is 3.93. The Morgan fingerprint density at radius 1 is 1.10 bits per heavy atom. The monoisotopic (exact) mass is 264 g/mol. The fraction of sp³-hybridized carbons (Fsp3) is 0.143. The number of nitrogens with zero attached hydrogens (tertiary/aromatic N) is 4. The molecule has 0 aliphatic rings. The van der Waals surface area contributed by atoms with E-state index >= 15 is 0 Å². The summed E-state index contributed by atoms with van der Waals surface area (Å²) in [6.07, 6.45) is 3.22. The van der Waals surface area contributed by atoms with Gasteiger partial charge < -0.3 is 10.6 Å². The van der Waals surface area contributed by atoms with Gasteiger partial charge >= 0.3 is 0 Å². The van der Waals surface area contributed by atoms with E-state index in [1.165, 1.54) is 0 Å². The quantitative estimate of drug-likeness (QED) is 0.879. The smallest absolute Gasteiger partial charge is 0.151 e. The molecule has 1 heterocycles. The Kier molecular flexibility index (Phi) is 4.10. The van der Waals surface area contributed by atoms with Crippen LogP contribution in [0.2, 0.25) is 0 Å².